The Hall–Kier alpha value is -3.03. The van der Waals surface area contributed by atoms with E-state index < -0.39 is 22.5 Å². The van der Waals surface area contributed by atoms with Gasteiger partial charge in [-0.25, -0.2) is 8.78 Å². The number of nitro benzene ring substituents is 1. The van der Waals surface area contributed by atoms with Gasteiger partial charge >= 0.3 is 5.69 Å². The maximum absolute atomic E-state index is 13.9. The van der Waals surface area contributed by atoms with Crippen molar-refractivity contribution in [1.82, 2.24) is 4.90 Å². The van der Waals surface area contributed by atoms with E-state index in [2.05, 4.69) is 0 Å². The molecule has 0 N–H and O–H groups in total. The summed E-state index contributed by atoms with van der Waals surface area (Å²) in [7, 11) is 1.30. The van der Waals surface area contributed by atoms with E-state index in [9.17, 15) is 23.7 Å². The number of carbonyl (C=O) groups excluding carboxylic acids is 1. The Morgan fingerprint density at radius 3 is 2.58 bits per heavy atom. The standard InChI is InChI=1S/C18H16F2N2O4/c1-26-17-7-3-11(8-16(17)22(24)25)18(23)21(14-5-6-14)10-12-2-4-13(19)9-15(12)20/h2-4,7-9,14H,5-6,10H2,1H3. The quantitative estimate of drug-likeness (QED) is 0.580. The predicted molar refractivity (Wildman–Crippen MR) is 88.9 cm³/mol. The summed E-state index contributed by atoms with van der Waals surface area (Å²) in [4.78, 5) is 24.8. The molecule has 0 aliphatic heterocycles. The molecule has 136 valence electrons. The molecule has 2 aromatic carbocycles. The second-order valence-corrected chi connectivity index (χ2v) is 6.04. The van der Waals surface area contributed by atoms with E-state index in [0.29, 0.717) is 0 Å². The van der Waals surface area contributed by atoms with Crippen molar-refractivity contribution in [2.24, 2.45) is 0 Å². The fraction of sp³-hybridized carbons (Fsp3) is 0.278. The van der Waals surface area contributed by atoms with Crippen LogP contribution in [-0.2, 0) is 6.54 Å². The molecule has 6 nitrogen and oxygen atoms in total. The van der Waals surface area contributed by atoms with Crippen molar-refractivity contribution >= 4 is 11.6 Å². The van der Waals surface area contributed by atoms with Gasteiger partial charge in [0.15, 0.2) is 5.75 Å². The van der Waals surface area contributed by atoms with Crippen LogP contribution in [0.15, 0.2) is 36.4 Å². The molecule has 0 radical (unpaired) electrons. The smallest absolute Gasteiger partial charge is 0.311 e. The molecule has 0 bridgehead atoms. The maximum atomic E-state index is 13.9. The summed E-state index contributed by atoms with van der Waals surface area (Å²) < 4.78 is 32.0. The van der Waals surface area contributed by atoms with Gasteiger partial charge in [-0.2, -0.15) is 0 Å². The molecule has 1 aliphatic carbocycles. The average Bonchev–Trinajstić information content (AvgIpc) is 3.45. The van der Waals surface area contributed by atoms with Crippen LogP contribution in [0.25, 0.3) is 0 Å². The topological polar surface area (TPSA) is 72.7 Å². The molecule has 2 aromatic rings. The molecular weight excluding hydrogens is 346 g/mol. The number of amides is 1. The SMILES string of the molecule is COc1ccc(C(=O)N(Cc2ccc(F)cc2F)C2CC2)cc1[N+](=O)[O-]. The molecule has 1 aliphatic rings. The molecule has 0 atom stereocenters. The molecule has 0 saturated heterocycles. The van der Waals surface area contributed by atoms with Crippen molar-refractivity contribution in [3.8, 4) is 5.75 Å². The summed E-state index contributed by atoms with van der Waals surface area (Å²) in [5, 5.41) is 11.2. The van der Waals surface area contributed by atoms with Crippen LogP contribution in [0.2, 0.25) is 0 Å². The average molecular weight is 362 g/mol. The van der Waals surface area contributed by atoms with E-state index >= 15 is 0 Å². The van der Waals surface area contributed by atoms with Gasteiger partial charge in [-0.1, -0.05) is 6.07 Å². The van der Waals surface area contributed by atoms with Gasteiger partial charge in [0, 0.05) is 35.8 Å². The third-order valence-electron chi connectivity index (χ3n) is 4.23. The number of ether oxygens (including phenoxy) is 1. The van der Waals surface area contributed by atoms with Crippen LogP contribution in [0, 0.1) is 21.7 Å². The summed E-state index contributed by atoms with van der Waals surface area (Å²) in [5.41, 5.74) is -0.0105. The first-order valence-electron chi connectivity index (χ1n) is 7.98. The lowest BCUT2D eigenvalue weighted by molar-refractivity contribution is -0.385. The minimum absolute atomic E-state index is 0.0323. The number of benzene rings is 2. The van der Waals surface area contributed by atoms with Crippen LogP contribution in [0.1, 0.15) is 28.8 Å². The Kier molecular flexibility index (Phi) is 4.83. The van der Waals surface area contributed by atoms with Crippen LogP contribution >= 0.6 is 0 Å². The molecule has 26 heavy (non-hydrogen) atoms. The zero-order valence-electron chi connectivity index (χ0n) is 13.9. The monoisotopic (exact) mass is 362 g/mol. The van der Waals surface area contributed by atoms with Gasteiger partial charge in [-0.3, -0.25) is 14.9 Å². The zero-order chi connectivity index (χ0) is 18.8. The van der Waals surface area contributed by atoms with Crippen molar-refractivity contribution in [2.75, 3.05) is 7.11 Å². The van der Waals surface area contributed by atoms with Crippen molar-refractivity contribution in [2.45, 2.75) is 25.4 Å². The van der Waals surface area contributed by atoms with Gasteiger partial charge in [-0.15, -0.1) is 0 Å². The number of methoxy groups -OCH3 is 1. The van der Waals surface area contributed by atoms with Crippen LogP contribution in [0.3, 0.4) is 0 Å². The fourth-order valence-electron chi connectivity index (χ4n) is 2.72. The Bertz CT molecular complexity index is 868. The number of rotatable bonds is 6. The van der Waals surface area contributed by atoms with Crippen LogP contribution in [-0.4, -0.2) is 28.9 Å². The molecular formula is C18H16F2N2O4. The zero-order valence-corrected chi connectivity index (χ0v) is 13.9. The Labute approximate surface area is 148 Å². The highest BCUT2D eigenvalue weighted by molar-refractivity contribution is 5.95. The summed E-state index contributed by atoms with van der Waals surface area (Å²) in [6.07, 6.45) is 1.54. The third-order valence-corrected chi connectivity index (χ3v) is 4.23. The normalized spacial score (nSPS) is 13.3. The van der Waals surface area contributed by atoms with Crippen LogP contribution in [0.4, 0.5) is 14.5 Å². The van der Waals surface area contributed by atoms with E-state index in [1.54, 1.807) is 0 Å². The summed E-state index contributed by atoms with van der Waals surface area (Å²) >= 11 is 0. The Morgan fingerprint density at radius 1 is 1.27 bits per heavy atom. The first-order chi connectivity index (χ1) is 12.4. The highest BCUT2D eigenvalue weighted by Crippen LogP contribution is 2.33. The van der Waals surface area contributed by atoms with Crippen LogP contribution in [0.5, 0.6) is 5.75 Å². The maximum Gasteiger partial charge on any atom is 0.311 e. The lowest BCUT2D eigenvalue weighted by Crippen LogP contribution is -2.33. The molecule has 0 heterocycles. The predicted octanol–water partition coefficient (Wildman–Crippen LogP) is 3.69. The van der Waals surface area contributed by atoms with Gasteiger partial charge < -0.3 is 9.64 Å². The number of carbonyl (C=O) groups is 1. The van der Waals surface area contributed by atoms with Gasteiger partial charge in [0.1, 0.15) is 11.6 Å². The second-order valence-electron chi connectivity index (χ2n) is 6.04. The Balaban J connectivity index is 1.90. The van der Waals surface area contributed by atoms with Crippen molar-refractivity contribution in [1.29, 1.82) is 0 Å². The number of hydrogen-bond donors (Lipinski definition) is 0. The molecule has 1 fully saturated rings. The van der Waals surface area contributed by atoms with Crippen LogP contribution < -0.4 is 4.74 Å². The molecule has 1 saturated carbocycles. The number of halogens is 2. The van der Waals surface area contributed by atoms with Crippen molar-refractivity contribution < 1.29 is 23.2 Å². The summed E-state index contributed by atoms with van der Waals surface area (Å²) in [6.45, 7) is -0.0323. The minimum atomic E-state index is -0.732. The van der Waals surface area contributed by atoms with Gasteiger partial charge in [-0.05, 0) is 31.0 Å². The van der Waals surface area contributed by atoms with E-state index in [1.165, 1.54) is 30.2 Å². The fourth-order valence-corrected chi connectivity index (χ4v) is 2.72. The number of hydrogen-bond acceptors (Lipinski definition) is 4. The highest BCUT2D eigenvalue weighted by Gasteiger charge is 2.34. The minimum Gasteiger partial charge on any atom is -0.490 e. The van der Waals surface area contributed by atoms with E-state index in [-0.39, 0.29) is 35.2 Å². The van der Waals surface area contributed by atoms with Crippen molar-refractivity contribution in [3.63, 3.8) is 0 Å². The van der Waals surface area contributed by atoms with Gasteiger partial charge in [0.05, 0.1) is 12.0 Å². The summed E-state index contributed by atoms with van der Waals surface area (Å²) in [6, 6.07) is 7.07. The van der Waals surface area contributed by atoms with E-state index in [4.69, 9.17) is 4.74 Å². The molecule has 0 aromatic heterocycles. The number of nitro groups is 1. The van der Waals surface area contributed by atoms with Gasteiger partial charge in [0.25, 0.3) is 5.91 Å². The van der Waals surface area contributed by atoms with E-state index in [0.717, 1.165) is 31.0 Å². The molecule has 0 spiro atoms. The molecule has 1 amide bonds. The van der Waals surface area contributed by atoms with Gasteiger partial charge in [0.2, 0.25) is 0 Å². The Morgan fingerprint density at radius 2 is 2.00 bits per heavy atom. The highest BCUT2D eigenvalue weighted by atomic mass is 19.1. The molecule has 0 unspecified atom stereocenters. The van der Waals surface area contributed by atoms with E-state index in [1.807, 2.05) is 0 Å². The number of nitrogens with zero attached hydrogens (tertiary/aromatic N) is 2. The first kappa shape index (κ1) is 17.8. The summed E-state index contributed by atoms with van der Waals surface area (Å²) in [5.74, 6) is -1.82. The lowest BCUT2D eigenvalue weighted by Gasteiger charge is -2.23. The molecule has 3 rings (SSSR count). The van der Waals surface area contributed by atoms with Crippen molar-refractivity contribution in [3.05, 3.63) is 69.3 Å². The first-order valence-corrected chi connectivity index (χ1v) is 7.98. The lowest BCUT2D eigenvalue weighted by atomic mass is 10.1. The third kappa shape index (κ3) is 3.63. The molecule has 8 heteroatoms. The largest absolute Gasteiger partial charge is 0.490 e. The second kappa shape index (κ2) is 7.07.